The first-order valence-corrected chi connectivity index (χ1v) is 7.31. The molecule has 1 aliphatic heterocycles. The lowest BCUT2D eigenvalue weighted by Gasteiger charge is -2.41. The molecule has 0 spiro atoms. The Morgan fingerprint density at radius 3 is 2.89 bits per heavy atom. The number of piperidine rings is 1. The molecule has 1 N–H and O–H groups in total. The van der Waals surface area contributed by atoms with Crippen molar-refractivity contribution in [3.05, 3.63) is 35.2 Å². The number of nitrogens with zero attached hydrogens (tertiary/aromatic N) is 1. The predicted octanol–water partition coefficient (Wildman–Crippen LogP) is 3.06. The molecular formula is C15H19NOS. The molecule has 1 aromatic carbocycles. The summed E-state index contributed by atoms with van der Waals surface area (Å²) in [6, 6.07) is 10.5. The van der Waals surface area contributed by atoms with Gasteiger partial charge in [-0.25, -0.2) is 0 Å². The molecule has 18 heavy (non-hydrogen) atoms. The van der Waals surface area contributed by atoms with Gasteiger partial charge in [0.25, 0.3) is 0 Å². The second kappa shape index (κ2) is 4.34. The molecule has 1 aliphatic rings. The van der Waals surface area contributed by atoms with Gasteiger partial charge in [-0.15, -0.1) is 11.3 Å². The molecule has 2 aromatic rings. The van der Waals surface area contributed by atoms with Crippen molar-refractivity contribution in [2.45, 2.75) is 18.9 Å². The number of aliphatic hydroxyl groups is 1. The zero-order valence-corrected chi connectivity index (χ0v) is 11.7. The number of likely N-dealkylation sites (tertiary alicyclic amines) is 1. The molecule has 2 unspecified atom stereocenters. The lowest BCUT2D eigenvalue weighted by molar-refractivity contribution is -0.0630. The Morgan fingerprint density at radius 1 is 1.39 bits per heavy atom. The van der Waals surface area contributed by atoms with Gasteiger partial charge in [0.15, 0.2) is 0 Å². The molecule has 1 saturated heterocycles. The minimum atomic E-state index is -0.643. The van der Waals surface area contributed by atoms with Gasteiger partial charge in [-0.1, -0.05) is 25.1 Å². The van der Waals surface area contributed by atoms with Crippen molar-refractivity contribution >= 4 is 21.4 Å². The van der Waals surface area contributed by atoms with E-state index in [0.29, 0.717) is 0 Å². The van der Waals surface area contributed by atoms with E-state index in [1.165, 1.54) is 10.1 Å². The topological polar surface area (TPSA) is 23.5 Å². The average molecular weight is 261 g/mol. The first kappa shape index (κ1) is 12.2. The molecule has 0 radical (unpaired) electrons. The highest BCUT2D eigenvalue weighted by Crippen LogP contribution is 2.42. The summed E-state index contributed by atoms with van der Waals surface area (Å²) in [5.74, 6) is 0.282. The fourth-order valence-electron chi connectivity index (χ4n) is 2.88. The Morgan fingerprint density at radius 2 is 2.17 bits per heavy atom. The van der Waals surface area contributed by atoms with Gasteiger partial charge in [-0.05, 0) is 31.0 Å². The number of thiophene rings is 1. The molecule has 96 valence electrons. The van der Waals surface area contributed by atoms with Crippen LogP contribution < -0.4 is 0 Å². The molecule has 0 bridgehead atoms. The van der Waals surface area contributed by atoms with Crippen LogP contribution in [0.3, 0.4) is 0 Å². The number of rotatable bonds is 1. The van der Waals surface area contributed by atoms with Crippen molar-refractivity contribution in [2.75, 3.05) is 20.1 Å². The maximum Gasteiger partial charge on any atom is 0.104 e. The van der Waals surface area contributed by atoms with E-state index in [2.05, 4.69) is 49.2 Å². The molecular weight excluding hydrogens is 242 g/mol. The Kier molecular flexibility index (Phi) is 2.93. The number of fused-ring (bicyclic) bond motifs is 1. The van der Waals surface area contributed by atoms with Crippen LogP contribution in [0.15, 0.2) is 30.3 Å². The van der Waals surface area contributed by atoms with Gasteiger partial charge in [0.05, 0.1) is 0 Å². The Balaban J connectivity index is 2.02. The zero-order valence-electron chi connectivity index (χ0n) is 10.9. The van der Waals surface area contributed by atoms with Gasteiger partial charge >= 0.3 is 0 Å². The molecule has 1 aromatic heterocycles. The largest absolute Gasteiger partial charge is 0.384 e. The third-order valence-electron chi connectivity index (χ3n) is 4.13. The third-order valence-corrected chi connectivity index (χ3v) is 5.41. The molecule has 0 amide bonds. The van der Waals surface area contributed by atoms with Crippen LogP contribution in [-0.2, 0) is 5.60 Å². The Hall–Kier alpha value is -0.900. The van der Waals surface area contributed by atoms with E-state index in [1.54, 1.807) is 11.3 Å². The molecule has 0 aliphatic carbocycles. The maximum absolute atomic E-state index is 11.0. The summed E-state index contributed by atoms with van der Waals surface area (Å²) >= 11 is 1.74. The highest BCUT2D eigenvalue weighted by molar-refractivity contribution is 7.19. The quantitative estimate of drug-likeness (QED) is 0.853. The van der Waals surface area contributed by atoms with E-state index in [-0.39, 0.29) is 5.92 Å². The summed E-state index contributed by atoms with van der Waals surface area (Å²) < 4.78 is 1.27. The summed E-state index contributed by atoms with van der Waals surface area (Å²) in [6.45, 7) is 4.08. The molecule has 0 saturated carbocycles. The molecule has 3 heteroatoms. The van der Waals surface area contributed by atoms with Crippen molar-refractivity contribution < 1.29 is 5.11 Å². The molecule has 2 nitrogen and oxygen atoms in total. The summed E-state index contributed by atoms with van der Waals surface area (Å²) in [7, 11) is 2.13. The molecule has 2 heterocycles. The van der Waals surface area contributed by atoms with Crippen molar-refractivity contribution in [3.8, 4) is 0 Å². The van der Waals surface area contributed by atoms with Crippen LogP contribution in [0.1, 0.15) is 18.2 Å². The van der Waals surface area contributed by atoms with Crippen molar-refractivity contribution in [1.82, 2.24) is 4.90 Å². The second-order valence-corrected chi connectivity index (χ2v) is 6.57. The Bertz CT molecular complexity index is 531. The number of hydrogen-bond donors (Lipinski definition) is 1. The predicted molar refractivity (Wildman–Crippen MR) is 77.0 cm³/mol. The minimum absolute atomic E-state index is 0.282. The third kappa shape index (κ3) is 1.87. The van der Waals surface area contributed by atoms with Crippen LogP contribution in [-0.4, -0.2) is 30.1 Å². The summed E-state index contributed by atoms with van der Waals surface area (Å²) in [5.41, 5.74) is -0.643. The van der Waals surface area contributed by atoms with Crippen molar-refractivity contribution in [2.24, 2.45) is 5.92 Å². The highest BCUT2D eigenvalue weighted by atomic mass is 32.1. The maximum atomic E-state index is 11.0. The van der Waals surface area contributed by atoms with E-state index in [9.17, 15) is 5.11 Å². The Labute approximate surface area is 112 Å². The van der Waals surface area contributed by atoms with Crippen molar-refractivity contribution in [1.29, 1.82) is 0 Å². The van der Waals surface area contributed by atoms with Crippen molar-refractivity contribution in [3.63, 3.8) is 0 Å². The summed E-state index contributed by atoms with van der Waals surface area (Å²) in [4.78, 5) is 3.43. The van der Waals surface area contributed by atoms with Crippen LogP contribution in [0, 0.1) is 5.92 Å². The summed E-state index contributed by atoms with van der Waals surface area (Å²) in [6.07, 6.45) is 0.831. The van der Waals surface area contributed by atoms with E-state index in [4.69, 9.17) is 0 Å². The molecule has 2 atom stereocenters. The van der Waals surface area contributed by atoms with Gasteiger partial charge in [0, 0.05) is 28.6 Å². The lowest BCUT2D eigenvalue weighted by Crippen LogP contribution is -2.47. The van der Waals surface area contributed by atoms with Crippen LogP contribution in [0.4, 0.5) is 0 Å². The standard InChI is InChI=1S/C15H19NOS/c1-11-10-16(2)8-7-15(11,17)14-9-12-5-3-4-6-13(12)18-14/h3-6,9,11,17H,7-8,10H2,1-2H3. The zero-order chi connectivity index (χ0) is 12.8. The second-order valence-electron chi connectivity index (χ2n) is 5.49. The van der Waals surface area contributed by atoms with Gasteiger partial charge in [0.2, 0.25) is 0 Å². The van der Waals surface area contributed by atoms with Gasteiger partial charge in [-0.2, -0.15) is 0 Å². The van der Waals surface area contributed by atoms with Gasteiger partial charge < -0.3 is 10.0 Å². The first-order valence-electron chi connectivity index (χ1n) is 6.49. The first-order chi connectivity index (χ1) is 8.59. The smallest absolute Gasteiger partial charge is 0.104 e. The van der Waals surface area contributed by atoms with E-state index in [1.807, 2.05) is 0 Å². The van der Waals surface area contributed by atoms with Gasteiger partial charge in [0.1, 0.15) is 5.60 Å². The normalized spacial score (nSPS) is 29.8. The minimum Gasteiger partial charge on any atom is -0.384 e. The number of benzene rings is 1. The van der Waals surface area contributed by atoms with E-state index in [0.717, 1.165) is 24.4 Å². The van der Waals surface area contributed by atoms with Crippen LogP contribution in [0.25, 0.3) is 10.1 Å². The SMILES string of the molecule is CC1CN(C)CCC1(O)c1cc2ccccc2s1. The fraction of sp³-hybridized carbons (Fsp3) is 0.467. The number of hydrogen-bond acceptors (Lipinski definition) is 3. The van der Waals surface area contributed by atoms with Crippen LogP contribution >= 0.6 is 11.3 Å². The van der Waals surface area contributed by atoms with E-state index < -0.39 is 5.60 Å². The molecule has 3 rings (SSSR count). The highest BCUT2D eigenvalue weighted by Gasteiger charge is 2.40. The van der Waals surface area contributed by atoms with E-state index >= 15 is 0 Å². The van der Waals surface area contributed by atoms with Gasteiger partial charge in [-0.3, -0.25) is 0 Å². The monoisotopic (exact) mass is 261 g/mol. The van der Waals surface area contributed by atoms with Crippen LogP contribution in [0.2, 0.25) is 0 Å². The van der Waals surface area contributed by atoms with Crippen LogP contribution in [0.5, 0.6) is 0 Å². The fourth-order valence-corrected chi connectivity index (χ4v) is 4.17. The average Bonchev–Trinajstić information content (AvgIpc) is 2.78. The lowest BCUT2D eigenvalue weighted by atomic mass is 9.81. The summed E-state index contributed by atoms with van der Waals surface area (Å²) in [5, 5.41) is 12.3. The molecule has 1 fully saturated rings.